The topological polar surface area (TPSA) is 145 Å². The van der Waals surface area contributed by atoms with E-state index < -0.39 is 16.1 Å². The number of hydrogen-bond donors (Lipinski definition) is 3. The molecular weight excluding hydrogens is 670 g/mol. The number of primary amides is 1. The number of rotatable bonds is 9. The van der Waals surface area contributed by atoms with Gasteiger partial charge in [0.15, 0.2) is 5.65 Å². The molecule has 3 aromatic heterocycles. The lowest BCUT2D eigenvalue weighted by atomic mass is 9.97. The molecule has 0 spiro atoms. The highest BCUT2D eigenvalue weighted by molar-refractivity contribution is 9.10. The van der Waals surface area contributed by atoms with Crippen molar-refractivity contribution in [3.05, 3.63) is 57.4 Å². The van der Waals surface area contributed by atoms with Crippen LogP contribution >= 0.6 is 15.9 Å². The maximum atomic E-state index is 12.8. The summed E-state index contributed by atoms with van der Waals surface area (Å²) < 4.78 is 29.4. The smallest absolute Gasteiger partial charge is 0.239 e. The molecule has 2 saturated heterocycles. The van der Waals surface area contributed by atoms with Gasteiger partial charge < -0.3 is 25.5 Å². The van der Waals surface area contributed by atoms with E-state index in [1.54, 1.807) is 17.4 Å². The highest BCUT2D eigenvalue weighted by Gasteiger charge is 2.32. The van der Waals surface area contributed by atoms with Crippen LogP contribution in [0.25, 0.3) is 28.2 Å². The summed E-state index contributed by atoms with van der Waals surface area (Å²) in [7, 11) is -1.15. The molecule has 14 heteroatoms. The van der Waals surface area contributed by atoms with E-state index in [0.717, 1.165) is 75.6 Å². The van der Waals surface area contributed by atoms with Crippen LogP contribution in [0.2, 0.25) is 0 Å². The van der Waals surface area contributed by atoms with E-state index in [2.05, 4.69) is 85.5 Å². The number of benzene rings is 1. The summed E-state index contributed by atoms with van der Waals surface area (Å²) in [4.78, 5) is 30.2. The number of likely N-dealkylation sites (N-methyl/N-ethyl adjacent to an activating group) is 1. The molecule has 2 fully saturated rings. The lowest BCUT2D eigenvalue weighted by molar-refractivity contribution is -0.124. The first-order valence-electron chi connectivity index (χ1n) is 15.7. The van der Waals surface area contributed by atoms with E-state index in [0.29, 0.717) is 31.0 Å². The molecule has 1 unspecified atom stereocenters. The summed E-state index contributed by atoms with van der Waals surface area (Å²) in [5.41, 5.74) is 14.0. The Morgan fingerprint density at radius 1 is 1.17 bits per heavy atom. The number of carbonyl (C=O) groups excluding carboxylic acids is 1. The molecule has 0 bridgehead atoms. The predicted molar refractivity (Wildman–Crippen MR) is 185 cm³/mol. The molecule has 2 aliphatic heterocycles. The van der Waals surface area contributed by atoms with E-state index >= 15 is 0 Å². The number of nitrogens with one attached hydrogen (secondary N) is 2. The minimum absolute atomic E-state index is 0.0367. The fourth-order valence-corrected chi connectivity index (χ4v) is 8.42. The average Bonchev–Trinajstić information content (AvgIpc) is 3.74. The first-order chi connectivity index (χ1) is 21.9. The normalized spacial score (nSPS) is 19.2. The van der Waals surface area contributed by atoms with Crippen molar-refractivity contribution in [2.45, 2.75) is 46.2 Å². The minimum atomic E-state index is -3.24. The maximum absolute atomic E-state index is 12.8. The Hall–Kier alpha value is -3.30. The molecule has 12 nitrogen and oxygen atoms in total. The number of anilines is 1. The summed E-state index contributed by atoms with van der Waals surface area (Å²) in [5, 5.41) is 3.55. The van der Waals surface area contributed by atoms with Gasteiger partial charge in [0.1, 0.15) is 17.4 Å². The molecule has 0 radical (unpaired) electrons. The standard InChI is InChI=1S/C32H42BrN9O3S/c1-6-46(44,45)41-11-10-22(18-41)36-27-25(33)17-35-32-28(27)37-31(38-32)24-16-19(2)42(21(24)4)26-9-7-8-23(20(26)3)29(30(34)43)40-14-12-39(5)13-15-40/h7-9,16-17,22,29H,6,10-15,18H2,1-5H3,(H2,34,43)(H2,35,36,37,38)/t22-,29?/m0/s1. The molecule has 6 rings (SSSR count). The zero-order chi connectivity index (χ0) is 32.9. The Balaban J connectivity index is 1.34. The molecule has 1 aromatic carbocycles. The number of aryl methyl sites for hydroxylation is 1. The molecule has 0 saturated carbocycles. The van der Waals surface area contributed by atoms with Crippen LogP contribution in [-0.4, -0.2) is 106 Å². The number of amides is 1. The Labute approximate surface area is 278 Å². The van der Waals surface area contributed by atoms with Gasteiger partial charge >= 0.3 is 0 Å². The van der Waals surface area contributed by atoms with Gasteiger partial charge in [0, 0.05) is 74.1 Å². The second kappa shape index (κ2) is 12.7. The molecule has 2 atom stereocenters. The highest BCUT2D eigenvalue weighted by atomic mass is 79.9. The third-order valence-electron chi connectivity index (χ3n) is 9.47. The molecule has 2 aliphatic rings. The van der Waals surface area contributed by atoms with Crippen LogP contribution in [0.1, 0.15) is 41.9 Å². The quantitative estimate of drug-likeness (QED) is 0.238. The van der Waals surface area contributed by atoms with E-state index in [-0.39, 0.29) is 17.7 Å². The Morgan fingerprint density at radius 2 is 1.91 bits per heavy atom. The van der Waals surface area contributed by atoms with Gasteiger partial charge in [-0.15, -0.1) is 0 Å². The van der Waals surface area contributed by atoms with Crippen LogP contribution in [0.3, 0.4) is 0 Å². The average molecular weight is 713 g/mol. The second-order valence-electron chi connectivity index (χ2n) is 12.4. The van der Waals surface area contributed by atoms with Crippen molar-refractivity contribution in [3.8, 4) is 17.1 Å². The van der Waals surface area contributed by atoms with Crippen LogP contribution in [0, 0.1) is 20.8 Å². The SMILES string of the molecule is CCS(=O)(=O)N1CC[C@H](Nc2c(Br)cnc3nc(-c4cc(C)n(-c5cccc(C(C(N)=O)N6CCN(C)CC6)c5C)c4C)[nH]c23)C1. The van der Waals surface area contributed by atoms with Crippen molar-refractivity contribution in [1.82, 2.24) is 33.6 Å². The van der Waals surface area contributed by atoms with Crippen molar-refractivity contribution < 1.29 is 13.2 Å². The largest absolute Gasteiger partial charge is 0.378 e. The number of aromatic amines is 1. The third-order valence-corrected chi connectivity index (χ3v) is 11.9. The van der Waals surface area contributed by atoms with Gasteiger partial charge in [-0.2, -0.15) is 4.31 Å². The zero-order valence-corrected chi connectivity index (χ0v) is 29.4. The molecule has 246 valence electrons. The first-order valence-corrected chi connectivity index (χ1v) is 18.1. The summed E-state index contributed by atoms with van der Waals surface area (Å²) >= 11 is 3.64. The number of fused-ring (bicyclic) bond motifs is 1. The number of H-pyrrole nitrogens is 1. The molecule has 4 N–H and O–H groups in total. The molecule has 5 heterocycles. The lowest BCUT2D eigenvalue weighted by Crippen LogP contribution is -2.49. The summed E-state index contributed by atoms with van der Waals surface area (Å²) in [5.74, 6) is 0.441. The molecule has 0 aliphatic carbocycles. The minimum Gasteiger partial charge on any atom is -0.378 e. The van der Waals surface area contributed by atoms with Gasteiger partial charge in [-0.1, -0.05) is 12.1 Å². The number of piperazine rings is 1. The van der Waals surface area contributed by atoms with Crippen molar-refractivity contribution in [3.63, 3.8) is 0 Å². The number of sulfonamides is 1. The van der Waals surface area contributed by atoms with Gasteiger partial charge in [0.05, 0.1) is 15.9 Å². The molecular formula is C32H42BrN9O3S. The van der Waals surface area contributed by atoms with Crippen molar-refractivity contribution in [1.29, 1.82) is 0 Å². The van der Waals surface area contributed by atoms with Crippen molar-refractivity contribution >= 4 is 48.7 Å². The monoisotopic (exact) mass is 711 g/mol. The van der Waals surface area contributed by atoms with Gasteiger partial charge in [-0.3, -0.25) is 9.69 Å². The Morgan fingerprint density at radius 3 is 2.61 bits per heavy atom. The highest BCUT2D eigenvalue weighted by Crippen LogP contribution is 2.36. The predicted octanol–water partition coefficient (Wildman–Crippen LogP) is 3.71. The molecule has 1 amide bonds. The van der Waals surface area contributed by atoms with Crippen molar-refractivity contribution in [2.75, 3.05) is 57.4 Å². The summed E-state index contributed by atoms with van der Waals surface area (Å²) in [6, 6.07) is 7.67. The first kappa shape index (κ1) is 32.6. The number of pyridine rings is 1. The Bertz CT molecular complexity index is 1900. The van der Waals surface area contributed by atoms with Crippen LogP contribution in [-0.2, 0) is 14.8 Å². The number of halogens is 1. The lowest BCUT2D eigenvalue weighted by Gasteiger charge is -2.37. The van der Waals surface area contributed by atoms with Crippen LogP contribution in [0.15, 0.2) is 34.9 Å². The maximum Gasteiger partial charge on any atom is 0.239 e. The van der Waals surface area contributed by atoms with Gasteiger partial charge in [-0.05, 0) is 80.4 Å². The number of aromatic nitrogens is 4. The van der Waals surface area contributed by atoms with Gasteiger partial charge in [0.2, 0.25) is 15.9 Å². The summed E-state index contributed by atoms with van der Waals surface area (Å²) in [6.45, 7) is 12.1. The number of carbonyl (C=O) groups is 1. The van der Waals surface area contributed by atoms with E-state index in [1.807, 2.05) is 12.1 Å². The number of nitrogens with zero attached hydrogens (tertiary/aromatic N) is 6. The van der Waals surface area contributed by atoms with Crippen molar-refractivity contribution in [2.24, 2.45) is 5.73 Å². The number of nitrogens with two attached hydrogens (primary N) is 1. The number of hydrogen-bond acceptors (Lipinski definition) is 8. The Kier molecular flexibility index (Phi) is 9.02. The second-order valence-corrected chi connectivity index (χ2v) is 15.5. The van der Waals surface area contributed by atoms with Crippen LogP contribution in [0.5, 0.6) is 0 Å². The van der Waals surface area contributed by atoms with Crippen LogP contribution in [0.4, 0.5) is 5.69 Å². The van der Waals surface area contributed by atoms with E-state index in [9.17, 15) is 13.2 Å². The fraction of sp³-hybridized carbons (Fsp3) is 0.469. The summed E-state index contributed by atoms with van der Waals surface area (Å²) in [6.07, 6.45) is 2.43. The fourth-order valence-electron chi connectivity index (χ4n) is 6.85. The number of imidazole rings is 1. The van der Waals surface area contributed by atoms with Crippen LogP contribution < -0.4 is 11.1 Å². The molecule has 46 heavy (non-hydrogen) atoms. The molecule has 4 aromatic rings. The van der Waals surface area contributed by atoms with E-state index in [4.69, 9.17) is 10.7 Å². The van der Waals surface area contributed by atoms with Gasteiger partial charge in [-0.25, -0.2) is 18.4 Å². The van der Waals surface area contributed by atoms with E-state index in [1.165, 1.54) is 0 Å². The third kappa shape index (κ3) is 5.97. The zero-order valence-electron chi connectivity index (χ0n) is 27.0. The van der Waals surface area contributed by atoms with Gasteiger partial charge in [0.25, 0.3) is 0 Å².